The van der Waals surface area contributed by atoms with Gasteiger partial charge in [0.25, 0.3) is 0 Å². The summed E-state index contributed by atoms with van der Waals surface area (Å²) in [5, 5.41) is 5.47. The smallest absolute Gasteiger partial charge is 0.229 e. The van der Waals surface area contributed by atoms with E-state index < -0.39 is 17.3 Å². The van der Waals surface area contributed by atoms with Gasteiger partial charge in [-0.1, -0.05) is 19.1 Å². The van der Waals surface area contributed by atoms with Crippen molar-refractivity contribution in [2.75, 3.05) is 25.6 Å². The molecule has 22 heavy (non-hydrogen) atoms. The van der Waals surface area contributed by atoms with Crippen LogP contribution in [0.25, 0.3) is 0 Å². The average molecular weight is 302 g/mol. The van der Waals surface area contributed by atoms with Crippen LogP contribution in [0, 0.1) is 17.3 Å². The van der Waals surface area contributed by atoms with Gasteiger partial charge < -0.3 is 15.4 Å². The maximum atomic E-state index is 12.8. The standard InChI is InChI=1S/C16H18N2O4/c1-16-11(14(20)17-7-8-22-2)12(16)15(21)18-10-6-4-3-5-9(10)13(16)19/h3-6,11-12H,7-8H2,1-2H3,(H,17,20)(H,18,21)/t11-,12-,16+/m0/s1. The van der Waals surface area contributed by atoms with Gasteiger partial charge in [0.2, 0.25) is 11.8 Å². The molecule has 6 nitrogen and oxygen atoms in total. The number of hydrogen-bond acceptors (Lipinski definition) is 4. The predicted octanol–water partition coefficient (Wildman–Crippen LogP) is 0.836. The summed E-state index contributed by atoms with van der Waals surface area (Å²) in [6, 6.07) is 6.90. The van der Waals surface area contributed by atoms with Crippen LogP contribution < -0.4 is 10.6 Å². The fourth-order valence-electron chi connectivity index (χ4n) is 3.32. The third-order valence-electron chi connectivity index (χ3n) is 4.61. The topological polar surface area (TPSA) is 84.5 Å². The second-order valence-corrected chi connectivity index (χ2v) is 5.89. The molecule has 0 spiro atoms. The van der Waals surface area contributed by atoms with E-state index in [2.05, 4.69) is 10.6 Å². The Bertz CT molecular complexity index is 657. The monoisotopic (exact) mass is 302 g/mol. The summed E-state index contributed by atoms with van der Waals surface area (Å²) in [6.45, 7) is 2.45. The lowest BCUT2D eigenvalue weighted by Crippen LogP contribution is -2.32. The van der Waals surface area contributed by atoms with E-state index in [0.717, 1.165) is 0 Å². The maximum absolute atomic E-state index is 12.8. The molecule has 3 rings (SSSR count). The molecule has 1 aromatic rings. The average Bonchev–Trinajstić information content (AvgIpc) is 3.15. The number of ketones is 1. The largest absolute Gasteiger partial charge is 0.383 e. The van der Waals surface area contributed by atoms with E-state index in [9.17, 15) is 14.4 Å². The van der Waals surface area contributed by atoms with E-state index in [1.165, 1.54) is 0 Å². The first kappa shape index (κ1) is 14.7. The summed E-state index contributed by atoms with van der Waals surface area (Å²) in [5.41, 5.74) is 0.0194. The van der Waals surface area contributed by atoms with Gasteiger partial charge in [-0.05, 0) is 12.1 Å². The number of anilines is 1. The van der Waals surface area contributed by atoms with E-state index >= 15 is 0 Å². The Morgan fingerprint density at radius 1 is 1.36 bits per heavy atom. The van der Waals surface area contributed by atoms with Crippen molar-refractivity contribution in [2.24, 2.45) is 17.3 Å². The molecule has 0 unspecified atom stereocenters. The Balaban J connectivity index is 1.87. The molecule has 2 amide bonds. The molecule has 2 N–H and O–H groups in total. The molecule has 0 bridgehead atoms. The Labute approximate surface area is 128 Å². The minimum atomic E-state index is -0.964. The van der Waals surface area contributed by atoms with E-state index in [1.54, 1.807) is 38.3 Å². The minimum Gasteiger partial charge on any atom is -0.383 e. The first-order chi connectivity index (χ1) is 10.5. The summed E-state index contributed by atoms with van der Waals surface area (Å²) in [5.74, 6) is -1.93. The summed E-state index contributed by atoms with van der Waals surface area (Å²) < 4.78 is 4.88. The van der Waals surface area contributed by atoms with E-state index in [0.29, 0.717) is 24.4 Å². The van der Waals surface area contributed by atoms with Gasteiger partial charge in [-0.15, -0.1) is 0 Å². The summed E-state index contributed by atoms with van der Waals surface area (Å²) in [6.07, 6.45) is 0. The lowest BCUT2D eigenvalue weighted by molar-refractivity contribution is -0.125. The number of methoxy groups -OCH3 is 1. The number of para-hydroxylation sites is 1. The van der Waals surface area contributed by atoms with Crippen LogP contribution in [-0.2, 0) is 14.3 Å². The van der Waals surface area contributed by atoms with Crippen LogP contribution in [0.15, 0.2) is 24.3 Å². The quantitative estimate of drug-likeness (QED) is 0.807. The highest BCUT2D eigenvalue weighted by molar-refractivity contribution is 6.19. The van der Waals surface area contributed by atoms with Crippen LogP contribution in [0.4, 0.5) is 5.69 Å². The summed E-state index contributed by atoms with van der Waals surface area (Å²) in [4.78, 5) is 37.4. The number of nitrogens with one attached hydrogen (secondary N) is 2. The first-order valence-electron chi connectivity index (χ1n) is 7.23. The second-order valence-electron chi connectivity index (χ2n) is 5.89. The number of rotatable bonds is 4. The zero-order chi connectivity index (χ0) is 15.9. The number of amides is 2. The van der Waals surface area contributed by atoms with E-state index in [1.807, 2.05) is 0 Å². The van der Waals surface area contributed by atoms with Crippen molar-refractivity contribution in [3.8, 4) is 0 Å². The van der Waals surface area contributed by atoms with Crippen molar-refractivity contribution in [3.63, 3.8) is 0 Å². The molecule has 2 aliphatic rings. The zero-order valence-electron chi connectivity index (χ0n) is 12.5. The summed E-state index contributed by atoms with van der Waals surface area (Å²) in [7, 11) is 1.54. The van der Waals surface area contributed by atoms with Gasteiger partial charge in [0.1, 0.15) is 0 Å². The van der Waals surface area contributed by atoms with Crippen LogP contribution in [0.3, 0.4) is 0 Å². The van der Waals surface area contributed by atoms with Crippen molar-refractivity contribution in [1.82, 2.24) is 5.32 Å². The molecule has 0 saturated heterocycles. The molecule has 1 aromatic carbocycles. The van der Waals surface area contributed by atoms with Crippen LogP contribution in [-0.4, -0.2) is 37.9 Å². The van der Waals surface area contributed by atoms with Gasteiger partial charge >= 0.3 is 0 Å². The highest BCUT2D eigenvalue weighted by Gasteiger charge is 2.73. The van der Waals surface area contributed by atoms with Crippen LogP contribution >= 0.6 is 0 Å². The Morgan fingerprint density at radius 2 is 2.09 bits per heavy atom. The number of fused-ring (bicyclic) bond motifs is 2. The van der Waals surface area contributed by atoms with Crippen molar-refractivity contribution in [1.29, 1.82) is 0 Å². The van der Waals surface area contributed by atoms with Crippen LogP contribution in [0.5, 0.6) is 0 Å². The Hall–Kier alpha value is -2.21. The molecule has 116 valence electrons. The van der Waals surface area contributed by atoms with Gasteiger partial charge in [0.15, 0.2) is 5.78 Å². The second kappa shape index (κ2) is 5.21. The number of carbonyl (C=O) groups is 3. The molecule has 1 saturated carbocycles. The van der Waals surface area contributed by atoms with Crippen molar-refractivity contribution < 1.29 is 19.1 Å². The molecule has 1 aliphatic heterocycles. The molecule has 0 radical (unpaired) electrons. The van der Waals surface area contributed by atoms with Crippen LogP contribution in [0.1, 0.15) is 17.3 Å². The molecular formula is C16H18N2O4. The van der Waals surface area contributed by atoms with Crippen molar-refractivity contribution in [3.05, 3.63) is 29.8 Å². The predicted molar refractivity (Wildman–Crippen MR) is 79.4 cm³/mol. The lowest BCUT2D eigenvalue weighted by Gasteiger charge is -2.12. The van der Waals surface area contributed by atoms with Gasteiger partial charge in [0.05, 0.1) is 29.5 Å². The van der Waals surface area contributed by atoms with Crippen LogP contribution in [0.2, 0.25) is 0 Å². The highest BCUT2D eigenvalue weighted by atomic mass is 16.5. The van der Waals surface area contributed by atoms with Gasteiger partial charge in [-0.25, -0.2) is 0 Å². The van der Waals surface area contributed by atoms with E-state index in [4.69, 9.17) is 4.74 Å². The number of hydrogen-bond donors (Lipinski definition) is 2. The first-order valence-corrected chi connectivity index (χ1v) is 7.23. The number of ether oxygens (including phenoxy) is 1. The highest BCUT2D eigenvalue weighted by Crippen LogP contribution is 2.62. The number of carbonyl (C=O) groups excluding carboxylic acids is 3. The summed E-state index contributed by atoms with van der Waals surface area (Å²) >= 11 is 0. The number of Topliss-reactive ketones (excluding diaryl/α,β-unsaturated/α-hetero) is 1. The minimum absolute atomic E-state index is 0.154. The Kier molecular flexibility index (Phi) is 3.48. The lowest BCUT2D eigenvalue weighted by atomic mass is 9.92. The van der Waals surface area contributed by atoms with E-state index in [-0.39, 0.29) is 17.6 Å². The van der Waals surface area contributed by atoms with Gasteiger partial charge in [-0.3, -0.25) is 14.4 Å². The molecule has 1 heterocycles. The molecular weight excluding hydrogens is 284 g/mol. The zero-order valence-corrected chi connectivity index (χ0v) is 12.5. The third-order valence-corrected chi connectivity index (χ3v) is 4.61. The number of benzene rings is 1. The van der Waals surface area contributed by atoms with Crippen molar-refractivity contribution in [2.45, 2.75) is 6.92 Å². The fraction of sp³-hybridized carbons (Fsp3) is 0.438. The Morgan fingerprint density at radius 3 is 2.82 bits per heavy atom. The van der Waals surface area contributed by atoms with Gasteiger partial charge in [-0.2, -0.15) is 0 Å². The SMILES string of the molecule is COCCNC(=O)[C@@H]1[C@H]2C(=O)Nc3ccccc3C(=O)[C@]12C. The maximum Gasteiger partial charge on any atom is 0.229 e. The molecule has 6 heteroatoms. The van der Waals surface area contributed by atoms with Gasteiger partial charge in [0, 0.05) is 19.2 Å². The van der Waals surface area contributed by atoms with Crippen molar-refractivity contribution >= 4 is 23.3 Å². The normalized spacial score (nSPS) is 29.0. The fourth-order valence-corrected chi connectivity index (χ4v) is 3.32. The third kappa shape index (κ3) is 2.02. The molecule has 1 aliphatic carbocycles. The molecule has 0 aromatic heterocycles. The molecule has 1 fully saturated rings. The molecule has 3 atom stereocenters.